The van der Waals surface area contributed by atoms with E-state index in [1.807, 2.05) is 0 Å². The van der Waals surface area contributed by atoms with Crippen molar-refractivity contribution in [2.24, 2.45) is 0 Å². The lowest BCUT2D eigenvalue weighted by molar-refractivity contribution is 0.660. The van der Waals surface area contributed by atoms with Gasteiger partial charge in [-0.05, 0) is 70.1 Å². The molecule has 0 saturated carbocycles. The Kier molecular flexibility index (Phi) is 4.60. The monoisotopic (exact) mass is 500 g/mol. The first kappa shape index (κ1) is 22.2. The maximum absolute atomic E-state index is 3.71. The van der Waals surface area contributed by atoms with Gasteiger partial charge in [0.2, 0.25) is 0 Å². The average molecular weight is 501 g/mol. The normalized spacial score (nSPS) is 13.6. The van der Waals surface area contributed by atoms with Gasteiger partial charge in [0, 0.05) is 38.6 Å². The highest BCUT2D eigenvalue weighted by molar-refractivity contribution is 6.09. The molecular weight excluding hydrogens is 472 g/mol. The van der Waals surface area contributed by atoms with Crippen LogP contribution >= 0.6 is 0 Å². The molecule has 0 unspecified atom stereocenters. The fourth-order valence-electron chi connectivity index (χ4n) is 6.63. The van der Waals surface area contributed by atoms with Crippen LogP contribution < -0.4 is 5.32 Å². The molecule has 0 aliphatic heterocycles. The van der Waals surface area contributed by atoms with Crippen LogP contribution in [-0.4, -0.2) is 4.57 Å². The van der Waals surface area contributed by atoms with Crippen LogP contribution in [0.4, 0.5) is 11.4 Å². The van der Waals surface area contributed by atoms with Gasteiger partial charge in [0.15, 0.2) is 0 Å². The summed E-state index contributed by atoms with van der Waals surface area (Å²) in [6.45, 7) is 4.71. The first-order chi connectivity index (χ1) is 19.1. The number of hydrogen-bond donors (Lipinski definition) is 1. The van der Waals surface area contributed by atoms with E-state index in [1.165, 1.54) is 60.5 Å². The van der Waals surface area contributed by atoms with Gasteiger partial charge in [-0.3, -0.25) is 0 Å². The number of rotatable bonds is 3. The zero-order chi connectivity index (χ0) is 26.1. The van der Waals surface area contributed by atoms with Crippen molar-refractivity contribution in [3.05, 3.63) is 139 Å². The van der Waals surface area contributed by atoms with Crippen LogP contribution in [0.2, 0.25) is 0 Å². The van der Waals surface area contributed by atoms with Crippen molar-refractivity contribution < 1.29 is 0 Å². The smallest absolute Gasteiger partial charge is 0.0541 e. The molecule has 8 rings (SSSR count). The second-order valence-electron chi connectivity index (χ2n) is 11.1. The zero-order valence-electron chi connectivity index (χ0n) is 22.1. The molecule has 2 heteroatoms. The number of anilines is 2. The van der Waals surface area contributed by atoms with E-state index >= 15 is 0 Å². The van der Waals surface area contributed by atoms with Crippen LogP contribution in [0.5, 0.6) is 0 Å². The number of para-hydroxylation sites is 2. The first-order valence-corrected chi connectivity index (χ1v) is 13.6. The van der Waals surface area contributed by atoms with Gasteiger partial charge in [0.25, 0.3) is 0 Å². The van der Waals surface area contributed by atoms with E-state index in [9.17, 15) is 0 Å². The molecule has 1 aliphatic carbocycles. The Morgan fingerprint density at radius 2 is 1.13 bits per heavy atom. The predicted molar refractivity (Wildman–Crippen MR) is 166 cm³/mol. The molecule has 0 atom stereocenters. The third-order valence-electron chi connectivity index (χ3n) is 8.57. The van der Waals surface area contributed by atoms with Gasteiger partial charge in [0.05, 0.1) is 11.0 Å². The van der Waals surface area contributed by atoms with Crippen molar-refractivity contribution in [3.63, 3.8) is 0 Å². The zero-order valence-corrected chi connectivity index (χ0v) is 22.1. The second kappa shape index (κ2) is 8.09. The number of benzene rings is 6. The summed E-state index contributed by atoms with van der Waals surface area (Å²) < 4.78 is 2.41. The quantitative estimate of drug-likeness (QED) is 0.255. The largest absolute Gasteiger partial charge is 0.355 e. The SMILES string of the molecule is CC1(C)c2cc(Nc3cccc4ccccc34)ccc2-c2ccc(-n3c4ccccc4c4ccccc43)cc21. The van der Waals surface area contributed by atoms with Crippen LogP contribution in [0.25, 0.3) is 49.4 Å². The summed E-state index contributed by atoms with van der Waals surface area (Å²) >= 11 is 0. The maximum Gasteiger partial charge on any atom is 0.0541 e. The number of fused-ring (bicyclic) bond motifs is 7. The van der Waals surface area contributed by atoms with Crippen molar-refractivity contribution in [1.82, 2.24) is 4.57 Å². The van der Waals surface area contributed by atoms with Gasteiger partial charge >= 0.3 is 0 Å². The second-order valence-corrected chi connectivity index (χ2v) is 11.1. The van der Waals surface area contributed by atoms with Gasteiger partial charge in [-0.25, -0.2) is 0 Å². The van der Waals surface area contributed by atoms with E-state index in [2.05, 4.69) is 151 Å². The Morgan fingerprint density at radius 1 is 0.538 bits per heavy atom. The van der Waals surface area contributed by atoms with Crippen LogP contribution in [0, 0.1) is 0 Å². The molecule has 0 radical (unpaired) electrons. The number of nitrogens with one attached hydrogen (secondary N) is 1. The van der Waals surface area contributed by atoms with E-state index < -0.39 is 0 Å². The van der Waals surface area contributed by atoms with Crippen LogP contribution in [0.3, 0.4) is 0 Å². The van der Waals surface area contributed by atoms with Gasteiger partial charge in [-0.2, -0.15) is 0 Å². The van der Waals surface area contributed by atoms with E-state index in [1.54, 1.807) is 0 Å². The van der Waals surface area contributed by atoms with E-state index in [-0.39, 0.29) is 5.41 Å². The summed E-state index contributed by atoms with van der Waals surface area (Å²) in [5, 5.41) is 8.77. The lowest BCUT2D eigenvalue weighted by atomic mass is 9.82. The Labute approximate surface area is 228 Å². The highest BCUT2D eigenvalue weighted by Crippen LogP contribution is 2.50. The predicted octanol–water partition coefficient (Wildman–Crippen LogP) is 9.99. The molecule has 186 valence electrons. The fourth-order valence-corrected chi connectivity index (χ4v) is 6.63. The van der Waals surface area contributed by atoms with Gasteiger partial charge in [-0.15, -0.1) is 0 Å². The lowest BCUT2D eigenvalue weighted by Crippen LogP contribution is -2.15. The van der Waals surface area contributed by atoms with Crippen LogP contribution in [0.1, 0.15) is 25.0 Å². The van der Waals surface area contributed by atoms with Crippen LogP contribution in [0.15, 0.2) is 127 Å². The molecule has 7 aromatic rings. The average Bonchev–Trinajstić information content (AvgIpc) is 3.42. The molecule has 0 fully saturated rings. The summed E-state index contributed by atoms with van der Waals surface area (Å²) in [6, 6.07) is 46.3. The van der Waals surface area contributed by atoms with Crippen LogP contribution in [-0.2, 0) is 5.41 Å². The third-order valence-corrected chi connectivity index (χ3v) is 8.57. The molecule has 2 nitrogen and oxygen atoms in total. The minimum atomic E-state index is -0.115. The molecular formula is C37H28N2. The molecule has 39 heavy (non-hydrogen) atoms. The minimum Gasteiger partial charge on any atom is -0.355 e. The Balaban J connectivity index is 1.24. The maximum atomic E-state index is 3.71. The molecule has 0 spiro atoms. The van der Waals surface area contributed by atoms with Crippen molar-refractivity contribution in [2.45, 2.75) is 19.3 Å². The minimum absolute atomic E-state index is 0.115. The molecule has 6 aromatic carbocycles. The van der Waals surface area contributed by atoms with E-state index in [0.29, 0.717) is 0 Å². The molecule has 1 aromatic heterocycles. The first-order valence-electron chi connectivity index (χ1n) is 13.6. The Bertz CT molecular complexity index is 2020. The highest BCUT2D eigenvalue weighted by Gasteiger charge is 2.36. The van der Waals surface area contributed by atoms with E-state index in [0.717, 1.165) is 11.4 Å². The Hall–Kier alpha value is -4.82. The summed E-state index contributed by atoms with van der Waals surface area (Å²) in [6.07, 6.45) is 0. The molecule has 0 bridgehead atoms. The number of hydrogen-bond acceptors (Lipinski definition) is 1. The molecule has 1 N–H and O–H groups in total. The van der Waals surface area contributed by atoms with Crippen molar-refractivity contribution >= 4 is 44.0 Å². The standard InChI is InChI=1S/C37H28N2/c1-37(2)32-22-25(38-34-15-9-11-24-10-3-4-12-27(24)34)18-20-28(32)29-21-19-26(23-33(29)37)39-35-16-7-5-13-30(35)31-14-6-8-17-36(31)39/h3-23,38H,1-2H3. The van der Waals surface area contributed by atoms with E-state index in [4.69, 9.17) is 0 Å². The fraction of sp³-hybridized carbons (Fsp3) is 0.0811. The Morgan fingerprint density at radius 3 is 1.87 bits per heavy atom. The van der Waals surface area contributed by atoms with Crippen molar-refractivity contribution in [3.8, 4) is 16.8 Å². The molecule has 1 heterocycles. The molecule has 0 saturated heterocycles. The summed E-state index contributed by atoms with van der Waals surface area (Å²) in [5.41, 5.74) is 11.2. The summed E-state index contributed by atoms with van der Waals surface area (Å²) in [5.74, 6) is 0. The number of nitrogens with zero attached hydrogens (tertiary/aromatic N) is 1. The molecule has 0 amide bonds. The van der Waals surface area contributed by atoms with Gasteiger partial charge < -0.3 is 9.88 Å². The van der Waals surface area contributed by atoms with Crippen molar-refractivity contribution in [1.29, 1.82) is 0 Å². The number of aromatic nitrogens is 1. The summed E-state index contributed by atoms with van der Waals surface area (Å²) in [7, 11) is 0. The van der Waals surface area contributed by atoms with Gasteiger partial charge in [-0.1, -0.05) is 98.8 Å². The van der Waals surface area contributed by atoms with Crippen molar-refractivity contribution in [2.75, 3.05) is 5.32 Å². The van der Waals surface area contributed by atoms with Gasteiger partial charge in [0.1, 0.15) is 0 Å². The summed E-state index contributed by atoms with van der Waals surface area (Å²) in [4.78, 5) is 0. The highest BCUT2D eigenvalue weighted by atomic mass is 15.0. The lowest BCUT2D eigenvalue weighted by Gasteiger charge is -2.23. The third kappa shape index (κ3) is 3.21. The molecule has 1 aliphatic rings. The topological polar surface area (TPSA) is 17.0 Å².